The van der Waals surface area contributed by atoms with E-state index < -0.39 is 30.1 Å². The van der Waals surface area contributed by atoms with E-state index in [4.69, 9.17) is 9.84 Å². The predicted molar refractivity (Wildman–Crippen MR) is 121 cm³/mol. The summed E-state index contributed by atoms with van der Waals surface area (Å²) in [5, 5.41) is 14.3. The van der Waals surface area contributed by atoms with E-state index in [9.17, 15) is 14.4 Å². The molecule has 2 aromatic carbocycles. The number of rotatable bonds is 9. The van der Waals surface area contributed by atoms with Gasteiger partial charge < -0.3 is 20.5 Å². The summed E-state index contributed by atoms with van der Waals surface area (Å²) in [5.41, 5.74) is 4.50. The van der Waals surface area contributed by atoms with Crippen LogP contribution in [0.1, 0.15) is 50.7 Å². The quantitative estimate of drug-likeness (QED) is 0.550. The molecule has 0 saturated heterocycles. The van der Waals surface area contributed by atoms with Gasteiger partial charge in [0.15, 0.2) is 0 Å². The van der Waals surface area contributed by atoms with Gasteiger partial charge in [-0.1, -0.05) is 68.8 Å². The van der Waals surface area contributed by atoms with Crippen molar-refractivity contribution in [2.24, 2.45) is 5.92 Å². The van der Waals surface area contributed by atoms with Gasteiger partial charge in [-0.3, -0.25) is 9.59 Å². The van der Waals surface area contributed by atoms with Crippen molar-refractivity contribution >= 4 is 18.0 Å². The third-order valence-electron chi connectivity index (χ3n) is 5.98. The fraction of sp³-hybridized carbons (Fsp3) is 0.400. The molecule has 3 atom stereocenters. The number of hydrogen-bond donors (Lipinski definition) is 3. The molecule has 7 nitrogen and oxygen atoms in total. The molecule has 2 aromatic rings. The maximum atomic E-state index is 12.7. The molecule has 170 valence electrons. The maximum Gasteiger partial charge on any atom is 0.407 e. The lowest BCUT2D eigenvalue weighted by molar-refractivity contribution is -0.137. The summed E-state index contributed by atoms with van der Waals surface area (Å²) >= 11 is 0. The van der Waals surface area contributed by atoms with Crippen molar-refractivity contribution < 1.29 is 24.2 Å². The van der Waals surface area contributed by atoms with E-state index in [-0.39, 0.29) is 24.9 Å². The number of ether oxygens (including phenoxy) is 1. The van der Waals surface area contributed by atoms with Crippen LogP contribution in [0.3, 0.4) is 0 Å². The third kappa shape index (κ3) is 5.28. The van der Waals surface area contributed by atoms with E-state index in [1.165, 1.54) is 0 Å². The van der Waals surface area contributed by atoms with Gasteiger partial charge in [-0.2, -0.15) is 0 Å². The van der Waals surface area contributed by atoms with Gasteiger partial charge in [-0.05, 0) is 35.1 Å². The van der Waals surface area contributed by atoms with Crippen molar-refractivity contribution in [3.05, 3.63) is 59.7 Å². The number of benzene rings is 2. The van der Waals surface area contributed by atoms with Crippen molar-refractivity contribution in [2.45, 2.75) is 51.6 Å². The number of alkyl carbamates (subject to hydrolysis) is 1. The van der Waals surface area contributed by atoms with Crippen LogP contribution in [0.2, 0.25) is 0 Å². The van der Waals surface area contributed by atoms with Crippen molar-refractivity contribution in [3.63, 3.8) is 0 Å². The Kier molecular flexibility index (Phi) is 7.51. The molecule has 1 aliphatic rings. The standard InChI is InChI=1S/C25H30N2O5/c1-4-15(2)23(24(30)26-16(3)13-22(28)29)27-25(31)32-14-21-19-11-7-5-9-17(19)18-10-6-8-12-20(18)21/h5-12,15-16,21,23H,4,13-14H2,1-3H3,(H,26,30)(H,27,31)(H,28,29)/t15?,16-,23?/m1/s1. The molecular weight excluding hydrogens is 408 g/mol. The molecule has 2 amide bonds. The zero-order chi connectivity index (χ0) is 23.3. The minimum absolute atomic E-state index is 0.0698. The second-order valence-corrected chi connectivity index (χ2v) is 8.34. The van der Waals surface area contributed by atoms with E-state index >= 15 is 0 Å². The Bertz CT molecular complexity index is 944. The second-order valence-electron chi connectivity index (χ2n) is 8.34. The van der Waals surface area contributed by atoms with Gasteiger partial charge in [0.1, 0.15) is 12.6 Å². The number of fused-ring (bicyclic) bond motifs is 3. The summed E-state index contributed by atoms with van der Waals surface area (Å²) in [6.45, 7) is 5.55. The lowest BCUT2D eigenvalue weighted by Gasteiger charge is -2.25. The Hall–Kier alpha value is -3.35. The van der Waals surface area contributed by atoms with E-state index in [0.717, 1.165) is 22.3 Å². The van der Waals surface area contributed by atoms with Crippen LogP contribution >= 0.6 is 0 Å². The zero-order valence-corrected chi connectivity index (χ0v) is 18.6. The van der Waals surface area contributed by atoms with Crippen LogP contribution in [0, 0.1) is 5.92 Å². The lowest BCUT2D eigenvalue weighted by atomic mass is 9.98. The van der Waals surface area contributed by atoms with Gasteiger partial charge in [-0.25, -0.2) is 4.79 Å². The van der Waals surface area contributed by atoms with Crippen LogP contribution in [0.25, 0.3) is 11.1 Å². The molecule has 0 spiro atoms. The summed E-state index contributed by atoms with van der Waals surface area (Å²) in [6.07, 6.45) is -0.197. The SMILES string of the molecule is CCC(C)C(NC(=O)OCC1c2ccccc2-c2ccccc21)C(=O)N[C@H](C)CC(=O)O. The number of nitrogens with one attached hydrogen (secondary N) is 2. The number of aliphatic carboxylic acids is 1. The number of amides is 2. The molecule has 3 rings (SSSR count). The molecule has 2 unspecified atom stereocenters. The minimum Gasteiger partial charge on any atom is -0.481 e. The molecule has 7 heteroatoms. The molecule has 0 radical (unpaired) electrons. The zero-order valence-electron chi connectivity index (χ0n) is 18.6. The summed E-state index contributed by atoms with van der Waals surface area (Å²) in [5.74, 6) is -1.63. The monoisotopic (exact) mass is 438 g/mol. The molecule has 32 heavy (non-hydrogen) atoms. The number of carbonyl (C=O) groups is 3. The highest BCUT2D eigenvalue weighted by Gasteiger charge is 2.31. The number of carbonyl (C=O) groups excluding carboxylic acids is 2. The van der Waals surface area contributed by atoms with Gasteiger partial charge in [0.05, 0.1) is 6.42 Å². The van der Waals surface area contributed by atoms with Crippen molar-refractivity contribution in [1.29, 1.82) is 0 Å². The highest BCUT2D eigenvalue weighted by atomic mass is 16.5. The Morgan fingerprint density at radius 1 is 0.969 bits per heavy atom. The normalized spacial score (nSPS) is 15.1. The lowest BCUT2D eigenvalue weighted by Crippen LogP contribution is -2.52. The van der Waals surface area contributed by atoms with E-state index in [1.54, 1.807) is 6.92 Å². The first-order chi connectivity index (χ1) is 15.3. The van der Waals surface area contributed by atoms with Gasteiger partial charge in [0.2, 0.25) is 5.91 Å². The molecule has 1 aliphatic carbocycles. The molecule has 0 saturated carbocycles. The molecule has 0 aromatic heterocycles. The molecule has 0 bridgehead atoms. The summed E-state index contributed by atoms with van der Waals surface area (Å²) in [4.78, 5) is 36.2. The molecule has 0 heterocycles. The maximum absolute atomic E-state index is 12.7. The van der Waals surface area contributed by atoms with Crippen molar-refractivity contribution in [3.8, 4) is 11.1 Å². The Morgan fingerprint density at radius 2 is 1.53 bits per heavy atom. The van der Waals surface area contributed by atoms with Gasteiger partial charge in [0.25, 0.3) is 0 Å². The topological polar surface area (TPSA) is 105 Å². The first-order valence-electron chi connectivity index (χ1n) is 11.0. The fourth-order valence-corrected chi connectivity index (χ4v) is 4.11. The third-order valence-corrected chi connectivity index (χ3v) is 5.98. The van der Waals surface area contributed by atoms with Crippen LogP contribution in [-0.4, -0.2) is 41.8 Å². The Morgan fingerprint density at radius 3 is 2.06 bits per heavy atom. The summed E-state index contributed by atoms with van der Waals surface area (Å²) in [7, 11) is 0. The Balaban J connectivity index is 1.66. The van der Waals surface area contributed by atoms with Crippen LogP contribution in [-0.2, 0) is 14.3 Å². The van der Waals surface area contributed by atoms with Crippen LogP contribution in [0.15, 0.2) is 48.5 Å². The van der Waals surface area contributed by atoms with E-state index in [1.807, 2.05) is 50.2 Å². The molecule has 0 aliphatic heterocycles. The summed E-state index contributed by atoms with van der Waals surface area (Å²) < 4.78 is 5.56. The van der Waals surface area contributed by atoms with Crippen LogP contribution in [0.5, 0.6) is 0 Å². The fourth-order valence-electron chi connectivity index (χ4n) is 4.11. The summed E-state index contributed by atoms with van der Waals surface area (Å²) in [6, 6.07) is 14.8. The van der Waals surface area contributed by atoms with Crippen molar-refractivity contribution in [1.82, 2.24) is 10.6 Å². The van der Waals surface area contributed by atoms with Crippen LogP contribution in [0.4, 0.5) is 4.79 Å². The second kappa shape index (κ2) is 10.3. The van der Waals surface area contributed by atoms with Gasteiger partial charge >= 0.3 is 12.1 Å². The molecule has 0 fully saturated rings. The number of carboxylic acids is 1. The average molecular weight is 439 g/mol. The highest BCUT2D eigenvalue weighted by Crippen LogP contribution is 2.44. The highest BCUT2D eigenvalue weighted by molar-refractivity contribution is 5.86. The first kappa shape index (κ1) is 23.3. The minimum atomic E-state index is -0.998. The smallest absolute Gasteiger partial charge is 0.407 e. The Labute approximate surface area is 188 Å². The number of carboxylic acid groups (broad SMARTS) is 1. The van der Waals surface area contributed by atoms with Gasteiger partial charge in [0, 0.05) is 12.0 Å². The van der Waals surface area contributed by atoms with E-state index in [0.29, 0.717) is 6.42 Å². The molecule has 3 N–H and O–H groups in total. The largest absolute Gasteiger partial charge is 0.481 e. The van der Waals surface area contributed by atoms with Crippen LogP contribution < -0.4 is 10.6 Å². The average Bonchev–Trinajstić information content (AvgIpc) is 3.08. The molecular formula is C25H30N2O5. The predicted octanol–water partition coefficient (Wildman–Crippen LogP) is 3.92. The van der Waals surface area contributed by atoms with Gasteiger partial charge in [-0.15, -0.1) is 0 Å². The number of hydrogen-bond acceptors (Lipinski definition) is 4. The van der Waals surface area contributed by atoms with E-state index in [2.05, 4.69) is 22.8 Å². The first-order valence-corrected chi connectivity index (χ1v) is 11.0. The van der Waals surface area contributed by atoms with Crippen molar-refractivity contribution in [2.75, 3.05) is 6.61 Å².